The standard InChI is InChI=1S/C29H35FN2O7/c1-18(2)39-24-8-6-19(16-22(24)30)27(33)25-26(21-17-20(36-3)7-9-23(21)37-4)32(29(35)28(25)34)11-5-10-31-12-14-38-15-13-31/h6-9,16-18,26,33H,5,10-15H2,1-4H3/t26-/m1/s1. The number of benzene rings is 2. The van der Waals surface area contributed by atoms with Crippen molar-refractivity contribution in [3.05, 3.63) is 58.9 Å². The van der Waals surface area contributed by atoms with Crippen LogP contribution in [-0.4, -0.2) is 86.3 Å². The zero-order valence-electron chi connectivity index (χ0n) is 22.7. The Balaban J connectivity index is 1.76. The summed E-state index contributed by atoms with van der Waals surface area (Å²) in [5, 5.41) is 11.4. The maximum Gasteiger partial charge on any atom is 0.295 e. The molecule has 10 heteroatoms. The number of aliphatic hydroxyl groups is 1. The Morgan fingerprint density at radius 1 is 1.05 bits per heavy atom. The van der Waals surface area contributed by atoms with Gasteiger partial charge in [-0.2, -0.15) is 0 Å². The summed E-state index contributed by atoms with van der Waals surface area (Å²) in [6, 6.07) is 8.05. The van der Waals surface area contributed by atoms with Gasteiger partial charge in [0.05, 0.1) is 45.2 Å². The molecular formula is C29H35FN2O7. The molecule has 0 saturated carbocycles. The molecular weight excluding hydrogens is 507 g/mol. The van der Waals surface area contributed by atoms with Crippen LogP contribution in [0, 0.1) is 5.82 Å². The van der Waals surface area contributed by atoms with E-state index in [-0.39, 0.29) is 29.5 Å². The van der Waals surface area contributed by atoms with E-state index < -0.39 is 29.3 Å². The van der Waals surface area contributed by atoms with E-state index >= 15 is 0 Å². The first-order chi connectivity index (χ1) is 18.7. The summed E-state index contributed by atoms with van der Waals surface area (Å²) < 4.78 is 36.7. The molecule has 39 heavy (non-hydrogen) atoms. The molecule has 2 aliphatic rings. The Kier molecular flexibility index (Phi) is 9.08. The van der Waals surface area contributed by atoms with E-state index in [0.717, 1.165) is 25.7 Å². The summed E-state index contributed by atoms with van der Waals surface area (Å²) in [7, 11) is 2.99. The van der Waals surface area contributed by atoms with Crippen molar-refractivity contribution in [1.29, 1.82) is 0 Å². The van der Waals surface area contributed by atoms with Crippen LogP contribution in [0.4, 0.5) is 4.39 Å². The fraction of sp³-hybridized carbons (Fsp3) is 0.448. The number of ketones is 1. The highest BCUT2D eigenvalue weighted by molar-refractivity contribution is 6.46. The topological polar surface area (TPSA) is 97.8 Å². The van der Waals surface area contributed by atoms with E-state index in [1.807, 2.05) is 0 Å². The molecule has 0 spiro atoms. The minimum absolute atomic E-state index is 0.0242. The molecule has 1 atom stereocenters. The van der Waals surface area contributed by atoms with Crippen molar-refractivity contribution in [2.75, 3.05) is 53.6 Å². The Hall–Kier alpha value is -3.63. The molecule has 0 aliphatic carbocycles. The van der Waals surface area contributed by atoms with Gasteiger partial charge in [-0.15, -0.1) is 0 Å². The quantitative estimate of drug-likeness (QED) is 0.275. The first-order valence-corrected chi connectivity index (χ1v) is 13.0. The van der Waals surface area contributed by atoms with E-state index in [4.69, 9.17) is 18.9 Å². The number of carbonyl (C=O) groups excluding carboxylic acids is 2. The van der Waals surface area contributed by atoms with Crippen molar-refractivity contribution >= 4 is 17.4 Å². The number of Topliss-reactive ketones (excluding diaryl/α,β-unsaturated/α-hetero) is 1. The summed E-state index contributed by atoms with van der Waals surface area (Å²) in [6.45, 7) is 7.44. The molecule has 0 bridgehead atoms. The van der Waals surface area contributed by atoms with Crippen molar-refractivity contribution in [3.8, 4) is 17.2 Å². The largest absolute Gasteiger partial charge is 0.507 e. The molecule has 0 unspecified atom stereocenters. The van der Waals surface area contributed by atoms with Crippen LogP contribution in [-0.2, 0) is 14.3 Å². The molecule has 9 nitrogen and oxygen atoms in total. The summed E-state index contributed by atoms with van der Waals surface area (Å²) in [5.41, 5.74) is 0.390. The number of rotatable bonds is 10. The number of methoxy groups -OCH3 is 2. The van der Waals surface area contributed by atoms with E-state index in [2.05, 4.69) is 4.90 Å². The predicted molar refractivity (Wildman–Crippen MR) is 143 cm³/mol. The molecule has 0 aromatic heterocycles. The molecule has 2 aromatic carbocycles. The lowest BCUT2D eigenvalue weighted by atomic mass is 9.94. The third-order valence-corrected chi connectivity index (χ3v) is 6.82. The third-order valence-electron chi connectivity index (χ3n) is 6.82. The van der Waals surface area contributed by atoms with Crippen molar-refractivity contribution < 1.29 is 38.0 Å². The van der Waals surface area contributed by atoms with Gasteiger partial charge in [0.2, 0.25) is 0 Å². The second-order valence-electron chi connectivity index (χ2n) is 9.72. The van der Waals surface area contributed by atoms with Gasteiger partial charge in [0, 0.05) is 37.3 Å². The Morgan fingerprint density at radius 3 is 2.41 bits per heavy atom. The molecule has 2 heterocycles. The Labute approximate surface area is 227 Å². The van der Waals surface area contributed by atoms with E-state index in [1.54, 1.807) is 32.0 Å². The van der Waals surface area contributed by atoms with Gasteiger partial charge in [-0.3, -0.25) is 14.5 Å². The molecule has 2 aromatic rings. The van der Waals surface area contributed by atoms with Crippen molar-refractivity contribution in [2.24, 2.45) is 0 Å². The first kappa shape index (κ1) is 28.4. The Bertz CT molecular complexity index is 1240. The number of carbonyl (C=O) groups is 2. The lowest BCUT2D eigenvalue weighted by Gasteiger charge is -2.29. The Morgan fingerprint density at radius 2 is 1.77 bits per heavy atom. The number of amides is 1. The maximum absolute atomic E-state index is 14.8. The molecule has 4 rings (SSSR count). The smallest absolute Gasteiger partial charge is 0.295 e. The minimum atomic E-state index is -0.964. The highest BCUT2D eigenvalue weighted by Gasteiger charge is 2.47. The van der Waals surface area contributed by atoms with Gasteiger partial charge < -0.3 is 29.0 Å². The summed E-state index contributed by atoms with van der Waals surface area (Å²) >= 11 is 0. The maximum atomic E-state index is 14.8. The molecule has 2 saturated heterocycles. The number of nitrogens with zero attached hydrogens (tertiary/aromatic N) is 2. The first-order valence-electron chi connectivity index (χ1n) is 13.0. The summed E-state index contributed by atoms with van der Waals surface area (Å²) in [5.74, 6) is -1.83. The monoisotopic (exact) mass is 542 g/mol. The second kappa shape index (κ2) is 12.5. The molecule has 0 radical (unpaired) electrons. The van der Waals surface area contributed by atoms with Crippen LogP contribution >= 0.6 is 0 Å². The molecule has 1 amide bonds. The highest BCUT2D eigenvalue weighted by atomic mass is 19.1. The van der Waals surface area contributed by atoms with Gasteiger partial charge in [-0.05, 0) is 56.7 Å². The lowest BCUT2D eigenvalue weighted by molar-refractivity contribution is -0.140. The minimum Gasteiger partial charge on any atom is -0.507 e. The fourth-order valence-electron chi connectivity index (χ4n) is 4.93. The number of hydrogen-bond acceptors (Lipinski definition) is 8. The van der Waals surface area contributed by atoms with E-state index in [0.29, 0.717) is 36.7 Å². The second-order valence-corrected chi connectivity index (χ2v) is 9.72. The third kappa shape index (κ3) is 6.17. The van der Waals surface area contributed by atoms with Crippen LogP contribution in [0.2, 0.25) is 0 Å². The number of ether oxygens (including phenoxy) is 4. The fourth-order valence-corrected chi connectivity index (χ4v) is 4.93. The highest BCUT2D eigenvalue weighted by Crippen LogP contribution is 2.44. The SMILES string of the molecule is COc1ccc(OC)c([C@@H]2C(=C(O)c3ccc(OC(C)C)c(F)c3)C(=O)C(=O)N2CCCN2CCOCC2)c1. The van der Waals surface area contributed by atoms with Crippen LogP contribution < -0.4 is 14.2 Å². The van der Waals surface area contributed by atoms with Gasteiger partial charge in [-0.25, -0.2) is 4.39 Å². The lowest BCUT2D eigenvalue weighted by Crippen LogP contribution is -2.39. The average Bonchev–Trinajstić information content (AvgIpc) is 3.18. The molecule has 2 fully saturated rings. The number of aliphatic hydroxyl groups excluding tert-OH is 1. The number of halogens is 1. The normalized spacial score (nSPS) is 19.5. The predicted octanol–water partition coefficient (Wildman–Crippen LogP) is 3.77. The van der Waals surface area contributed by atoms with Crippen LogP contribution in [0.3, 0.4) is 0 Å². The van der Waals surface area contributed by atoms with Gasteiger partial charge >= 0.3 is 0 Å². The average molecular weight is 543 g/mol. The summed E-state index contributed by atoms with van der Waals surface area (Å²) in [4.78, 5) is 30.4. The van der Waals surface area contributed by atoms with Crippen molar-refractivity contribution in [1.82, 2.24) is 9.80 Å². The molecule has 1 N–H and O–H groups in total. The van der Waals surface area contributed by atoms with Crippen molar-refractivity contribution in [2.45, 2.75) is 32.4 Å². The molecule has 210 valence electrons. The zero-order chi connectivity index (χ0) is 28.1. The zero-order valence-corrected chi connectivity index (χ0v) is 22.7. The van der Waals surface area contributed by atoms with Crippen LogP contribution in [0.25, 0.3) is 5.76 Å². The number of likely N-dealkylation sites (tertiary alicyclic amines) is 1. The van der Waals surface area contributed by atoms with Gasteiger partial charge in [-0.1, -0.05) is 0 Å². The summed E-state index contributed by atoms with van der Waals surface area (Å²) in [6.07, 6.45) is 0.355. The van der Waals surface area contributed by atoms with E-state index in [9.17, 15) is 19.1 Å². The van der Waals surface area contributed by atoms with Gasteiger partial charge in [0.15, 0.2) is 11.6 Å². The number of morpholine rings is 1. The number of hydrogen-bond donors (Lipinski definition) is 1. The van der Waals surface area contributed by atoms with Crippen LogP contribution in [0.15, 0.2) is 42.0 Å². The van der Waals surface area contributed by atoms with Crippen molar-refractivity contribution in [3.63, 3.8) is 0 Å². The van der Waals surface area contributed by atoms with Gasteiger partial charge in [0.25, 0.3) is 11.7 Å². The van der Waals surface area contributed by atoms with Crippen LogP contribution in [0.5, 0.6) is 17.2 Å². The van der Waals surface area contributed by atoms with Crippen LogP contribution in [0.1, 0.15) is 37.4 Å². The van der Waals surface area contributed by atoms with E-state index in [1.165, 1.54) is 31.3 Å². The van der Waals surface area contributed by atoms with Gasteiger partial charge in [0.1, 0.15) is 17.3 Å². The molecule has 2 aliphatic heterocycles.